The van der Waals surface area contributed by atoms with Gasteiger partial charge in [0.1, 0.15) is 17.1 Å². The number of carboxylic acids is 1. The first-order valence-electron chi connectivity index (χ1n) is 10.6. The van der Waals surface area contributed by atoms with Crippen molar-refractivity contribution in [3.05, 3.63) is 83.7 Å². The predicted octanol–water partition coefficient (Wildman–Crippen LogP) is 4.50. The van der Waals surface area contributed by atoms with Gasteiger partial charge in [0.25, 0.3) is 5.91 Å². The number of aromatic nitrogens is 2. The maximum absolute atomic E-state index is 13.1. The van der Waals surface area contributed by atoms with Crippen molar-refractivity contribution >= 4 is 22.8 Å². The standard InChI is InChI=1S/C26H25N3O4/c1-16-6-4-5-7-19(16)21(15-24(30)31)28-26(32)20-10-11-23(33-3)25(27-20)18-9-8-17-12-13-29(2)22(17)14-18/h4-14,21H,15H2,1-3H3,(H,28,32)(H,30,31)/t21-/m0/s1. The molecule has 7 nitrogen and oxygen atoms in total. The number of hydrogen-bond donors (Lipinski definition) is 2. The Labute approximate surface area is 191 Å². The second kappa shape index (κ2) is 9.16. The van der Waals surface area contributed by atoms with E-state index in [9.17, 15) is 14.7 Å². The number of nitrogens with zero attached hydrogens (tertiary/aromatic N) is 2. The van der Waals surface area contributed by atoms with E-state index in [1.165, 1.54) is 0 Å². The number of pyridine rings is 1. The van der Waals surface area contributed by atoms with E-state index in [1.54, 1.807) is 19.2 Å². The lowest BCUT2D eigenvalue weighted by atomic mass is 9.98. The number of carbonyl (C=O) groups excluding carboxylic acids is 1. The first-order valence-corrected chi connectivity index (χ1v) is 10.6. The van der Waals surface area contributed by atoms with Gasteiger partial charge in [-0.3, -0.25) is 9.59 Å². The highest BCUT2D eigenvalue weighted by atomic mass is 16.5. The Balaban J connectivity index is 1.69. The van der Waals surface area contributed by atoms with Crippen LogP contribution in [-0.4, -0.2) is 33.6 Å². The normalized spacial score (nSPS) is 11.8. The summed E-state index contributed by atoms with van der Waals surface area (Å²) in [5, 5.41) is 13.3. The summed E-state index contributed by atoms with van der Waals surface area (Å²) in [6, 6.07) is 18.0. The van der Waals surface area contributed by atoms with Gasteiger partial charge in [-0.15, -0.1) is 0 Å². The molecule has 0 aliphatic rings. The van der Waals surface area contributed by atoms with Crippen LogP contribution >= 0.6 is 0 Å². The summed E-state index contributed by atoms with van der Waals surface area (Å²) >= 11 is 0. The molecule has 2 N–H and O–H groups in total. The van der Waals surface area contributed by atoms with E-state index >= 15 is 0 Å². The minimum Gasteiger partial charge on any atom is -0.494 e. The zero-order chi connectivity index (χ0) is 23.5. The number of methoxy groups -OCH3 is 1. The molecule has 1 atom stereocenters. The summed E-state index contributed by atoms with van der Waals surface area (Å²) in [6.45, 7) is 1.89. The van der Waals surface area contributed by atoms with Crippen LogP contribution in [-0.2, 0) is 11.8 Å². The number of fused-ring (bicyclic) bond motifs is 1. The van der Waals surface area contributed by atoms with Gasteiger partial charge in [0.05, 0.1) is 19.6 Å². The fourth-order valence-electron chi connectivity index (χ4n) is 3.98. The zero-order valence-electron chi connectivity index (χ0n) is 18.7. The van der Waals surface area contributed by atoms with Gasteiger partial charge in [-0.05, 0) is 47.7 Å². The third kappa shape index (κ3) is 4.57. The minimum absolute atomic E-state index is 0.182. The molecule has 4 rings (SSSR count). The van der Waals surface area contributed by atoms with E-state index in [2.05, 4.69) is 10.3 Å². The van der Waals surface area contributed by atoms with E-state index in [0.717, 1.165) is 27.6 Å². The number of carbonyl (C=O) groups is 2. The number of rotatable bonds is 7. The van der Waals surface area contributed by atoms with Crippen LogP contribution in [0.3, 0.4) is 0 Å². The third-order valence-electron chi connectivity index (χ3n) is 5.72. The van der Waals surface area contributed by atoms with E-state index in [1.807, 2.05) is 73.3 Å². The van der Waals surface area contributed by atoms with Gasteiger partial charge in [-0.1, -0.05) is 36.4 Å². The Morgan fingerprint density at radius 1 is 1.12 bits per heavy atom. The Morgan fingerprint density at radius 3 is 2.64 bits per heavy atom. The highest BCUT2D eigenvalue weighted by Gasteiger charge is 2.22. The number of aliphatic carboxylic acids is 1. The lowest BCUT2D eigenvalue weighted by Crippen LogP contribution is -2.31. The number of benzene rings is 2. The quantitative estimate of drug-likeness (QED) is 0.439. The Morgan fingerprint density at radius 2 is 1.91 bits per heavy atom. The van der Waals surface area contributed by atoms with Gasteiger partial charge < -0.3 is 19.7 Å². The number of nitrogens with one attached hydrogen (secondary N) is 1. The third-order valence-corrected chi connectivity index (χ3v) is 5.72. The highest BCUT2D eigenvalue weighted by Crippen LogP contribution is 2.31. The maximum atomic E-state index is 13.1. The molecule has 4 aromatic rings. The second-order valence-corrected chi connectivity index (χ2v) is 7.93. The smallest absolute Gasteiger partial charge is 0.305 e. The number of hydrogen-bond acceptors (Lipinski definition) is 4. The van der Waals surface area contributed by atoms with E-state index in [0.29, 0.717) is 11.4 Å². The van der Waals surface area contributed by atoms with Crippen molar-refractivity contribution in [3.8, 4) is 17.0 Å². The lowest BCUT2D eigenvalue weighted by Gasteiger charge is -2.19. The van der Waals surface area contributed by atoms with E-state index < -0.39 is 17.9 Å². The number of amides is 1. The van der Waals surface area contributed by atoms with E-state index in [-0.39, 0.29) is 12.1 Å². The number of ether oxygens (including phenoxy) is 1. The summed E-state index contributed by atoms with van der Waals surface area (Å²) < 4.78 is 7.51. The summed E-state index contributed by atoms with van der Waals surface area (Å²) in [5.74, 6) is -0.905. The summed E-state index contributed by atoms with van der Waals surface area (Å²) in [4.78, 5) is 29.2. The molecule has 2 heterocycles. The van der Waals surface area contributed by atoms with Crippen molar-refractivity contribution in [1.29, 1.82) is 0 Å². The maximum Gasteiger partial charge on any atom is 0.305 e. The van der Waals surface area contributed by atoms with Crippen LogP contribution in [0.15, 0.2) is 66.9 Å². The fourth-order valence-corrected chi connectivity index (χ4v) is 3.98. The highest BCUT2D eigenvalue weighted by molar-refractivity contribution is 5.94. The molecule has 2 aromatic carbocycles. The Bertz CT molecular complexity index is 1340. The van der Waals surface area contributed by atoms with Crippen LogP contribution < -0.4 is 10.1 Å². The molecule has 0 bridgehead atoms. The van der Waals surface area contributed by atoms with Crippen LogP contribution in [0.1, 0.15) is 34.1 Å². The molecule has 0 fully saturated rings. The monoisotopic (exact) mass is 443 g/mol. The molecule has 7 heteroatoms. The predicted molar refractivity (Wildman–Crippen MR) is 126 cm³/mol. The molecule has 0 saturated carbocycles. The fraction of sp³-hybridized carbons (Fsp3) is 0.192. The van der Waals surface area contributed by atoms with Gasteiger partial charge in [0, 0.05) is 24.3 Å². The van der Waals surface area contributed by atoms with Crippen LogP contribution in [0.25, 0.3) is 22.2 Å². The summed E-state index contributed by atoms with van der Waals surface area (Å²) in [6.07, 6.45) is 1.75. The van der Waals surface area contributed by atoms with Crippen LogP contribution in [0.4, 0.5) is 0 Å². The van der Waals surface area contributed by atoms with Gasteiger partial charge in [0.2, 0.25) is 0 Å². The van der Waals surface area contributed by atoms with Crippen LogP contribution in [0.2, 0.25) is 0 Å². The summed E-state index contributed by atoms with van der Waals surface area (Å²) in [5.41, 5.74) is 4.24. The topological polar surface area (TPSA) is 93.4 Å². The van der Waals surface area contributed by atoms with Gasteiger partial charge in [0.15, 0.2) is 0 Å². The first kappa shape index (κ1) is 22.1. The van der Waals surface area contributed by atoms with Crippen LogP contribution in [0, 0.1) is 6.92 Å². The zero-order valence-corrected chi connectivity index (χ0v) is 18.7. The Hall–Kier alpha value is -4.13. The molecule has 0 spiro atoms. The largest absolute Gasteiger partial charge is 0.494 e. The molecule has 0 aliphatic heterocycles. The molecule has 0 aliphatic carbocycles. The van der Waals surface area contributed by atoms with Crippen molar-refractivity contribution in [2.45, 2.75) is 19.4 Å². The van der Waals surface area contributed by atoms with E-state index in [4.69, 9.17) is 4.74 Å². The van der Waals surface area contributed by atoms with Crippen molar-refractivity contribution in [3.63, 3.8) is 0 Å². The first-order chi connectivity index (χ1) is 15.9. The average molecular weight is 444 g/mol. The lowest BCUT2D eigenvalue weighted by molar-refractivity contribution is -0.137. The second-order valence-electron chi connectivity index (χ2n) is 7.93. The number of aryl methyl sites for hydroxylation is 2. The molecule has 1 amide bonds. The van der Waals surface area contributed by atoms with Gasteiger partial charge >= 0.3 is 5.97 Å². The molecule has 0 radical (unpaired) electrons. The van der Waals surface area contributed by atoms with Crippen LogP contribution in [0.5, 0.6) is 5.75 Å². The molecule has 168 valence electrons. The van der Waals surface area contributed by atoms with Crippen molar-refractivity contribution in [1.82, 2.24) is 14.9 Å². The van der Waals surface area contributed by atoms with Crippen molar-refractivity contribution in [2.24, 2.45) is 7.05 Å². The van der Waals surface area contributed by atoms with Gasteiger partial charge in [-0.2, -0.15) is 0 Å². The molecule has 0 saturated heterocycles. The molecular weight excluding hydrogens is 418 g/mol. The SMILES string of the molecule is COc1ccc(C(=O)N[C@@H](CC(=O)O)c2ccccc2C)nc1-c1ccc2ccn(C)c2c1. The molecular formula is C26H25N3O4. The van der Waals surface area contributed by atoms with Crippen molar-refractivity contribution < 1.29 is 19.4 Å². The average Bonchev–Trinajstić information content (AvgIpc) is 3.18. The molecule has 2 aromatic heterocycles. The Kier molecular flexibility index (Phi) is 6.13. The molecule has 0 unspecified atom stereocenters. The molecule has 33 heavy (non-hydrogen) atoms. The minimum atomic E-state index is -0.997. The van der Waals surface area contributed by atoms with Crippen molar-refractivity contribution in [2.75, 3.05) is 7.11 Å². The van der Waals surface area contributed by atoms with Gasteiger partial charge in [-0.25, -0.2) is 4.98 Å². The summed E-state index contributed by atoms with van der Waals surface area (Å²) in [7, 11) is 3.52. The number of carboxylic acid groups (broad SMARTS) is 1.